The van der Waals surface area contributed by atoms with E-state index in [2.05, 4.69) is 10.3 Å². The molecule has 0 aliphatic carbocycles. The number of aromatic nitrogens is 2. The third-order valence-corrected chi connectivity index (χ3v) is 4.40. The first-order chi connectivity index (χ1) is 11.9. The molecule has 2 aromatic rings. The molecule has 1 aromatic heterocycles. The molecule has 2 amide bonds. The van der Waals surface area contributed by atoms with Gasteiger partial charge in [0.1, 0.15) is 11.6 Å². The van der Waals surface area contributed by atoms with Crippen LogP contribution in [0.15, 0.2) is 40.1 Å². The minimum Gasteiger partial charge on any atom is -0.357 e. The van der Waals surface area contributed by atoms with E-state index >= 15 is 0 Å². The maximum atomic E-state index is 12.9. The van der Waals surface area contributed by atoms with Gasteiger partial charge in [-0.05, 0) is 11.1 Å². The van der Waals surface area contributed by atoms with Gasteiger partial charge in [0.15, 0.2) is 0 Å². The fourth-order valence-corrected chi connectivity index (χ4v) is 3.01. The van der Waals surface area contributed by atoms with Gasteiger partial charge in [-0.2, -0.15) is 0 Å². The van der Waals surface area contributed by atoms with Gasteiger partial charge in [0, 0.05) is 33.3 Å². The average Bonchev–Trinajstić information content (AvgIpc) is 2.62. The molecule has 25 heavy (non-hydrogen) atoms. The summed E-state index contributed by atoms with van der Waals surface area (Å²) in [6.45, 7) is 0.218. The van der Waals surface area contributed by atoms with Crippen molar-refractivity contribution in [3.05, 3.63) is 68.0 Å². The van der Waals surface area contributed by atoms with Crippen LogP contribution in [0.1, 0.15) is 21.5 Å². The van der Waals surface area contributed by atoms with Crippen molar-refractivity contribution in [2.24, 2.45) is 7.05 Å². The van der Waals surface area contributed by atoms with Gasteiger partial charge < -0.3 is 14.8 Å². The van der Waals surface area contributed by atoms with Crippen molar-refractivity contribution in [3.63, 3.8) is 0 Å². The topological polar surface area (TPSA) is 104 Å². The standard InChI is InChI=1S/C17H18N4O4/c1-18-15(23)13-7-10-5-3-4-6-11(10)8-21(13)16(24)12-9-20(2)17(25)19-14(12)22/h3-6,9,13H,7-8H2,1-2H3,(H,18,23)(H,19,22,25)/t13-/m0/s1. The average molecular weight is 342 g/mol. The summed E-state index contributed by atoms with van der Waals surface area (Å²) in [5, 5.41) is 2.56. The van der Waals surface area contributed by atoms with Crippen molar-refractivity contribution in [2.75, 3.05) is 7.05 Å². The van der Waals surface area contributed by atoms with Gasteiger partial charge in [-0.25, -0.2) is 4.79 Å². The first-order valence-electron chi connectivity index (χ1n) is 7.81. The summed E-state index contributed by atoms with van der Waals surface area (Å²) < 4.78 is 1.13. The molecule has 2 heterocycles. The van der Waals surface area contributed by atoms with E-state index in [1.807, 2.05) is 24.3 Å². The van der Waals surface area contributed by atoms with Crippen LogP contribution >= 0.6 is 0 Å². The summed E-state index contributed by atoms with van der Waals surface area (Å²) in [6, 6.07) is 6.84. The molecule has 1 aliphatic rings. The second-order valence-corrected chi connectivity index (χ2v) is 5.95. The van der Waals surface area contributed by atoms with Crippen molar-refractivity contribution in [3.8, 4) is 0 Å². The van der Waals surface area contributed by atoms with E-state index in [0.29, 0.717) is 6.42 Å². The molecule has 3 rings (SSSR count). The SMILES string of the molecule is CNC(=O)[C@@H]1Cc2ccccc2CN1C(=O)c1cn(C)c(=O)[nH]c1=O. The number of benzene rings is 1. The Morgan fingerprint density at radius 2 is 1.88 bits per heavy atom. The summed E-state index contributed by atoms with van der Waals surface area (Å²) in [5.41, 5.74) is 0.387. The third-order valence-electron chi connectivity index (χ3n) is 4.40. The highest BCUT2D eigenvalue weighted by Gasteiger charge is 2.35. The van der Waals surface area contributed by atoms with E-state index in [-0.39, 0.29) is 18.0 Å². The van der Waals surface area contributed by atoms with Crippen molar-refractivity contribution >= 4 is 11.8 Å². The van der Waals surface area contributed by atoms with Crippen LogP contribution in [0.3, 0.4) is 0 Å². The lowest BCUT2D eigenvalue weighted by molar-refractivity contribution is -0.125. The number of nitrogens with one attached hydrogen (secondary N) is 2. The summed E-state index contributed by atoms with van der Waals surface area (Å²) in [5.74, 6) is -0.885. The molecule has 1 aliphatic heterocycles. The molecule has 0 saturated heterocycles. The van der Waals surface area contributed by atoms with Gasteiger partial charge in [0.2, 0.25) is 5.91 Å². The van der Waals surface area contributed by atoms with Gasteiger partial charge in [0.25, 0.3) is 11.5 Å². The highest BCUT2D eigenvalue weighted by atomic mass is 16.2. The Labute approximate surface area is 143 Å². The summed E-state index contributed by atoms with van der Waals surface area (Å²) in [7, 11) is 2.95. The molecule has 8 nitrogen and oxygen atoms in total. The van der Waals surface area contributed by atoms with Crippen molar-refractivity contribution < 1.29 is 9.59 Å². The Morgan fingerprint density at radius 3 is 2.56 bits per heavy atom. The number of carbonyl (C=O) groups is 2. The molecule has 0 spiro atoms. The molecule has 2 N–H and O–H groups in total. The lowest BCUT2D eigenvalue weighted by atomic mass is 9.93. The smallest absolute Gasteiger partial charge is 0.328 e. The Hall–Kier alpha value is -3.16. The van der Waals surface area contributed by atoms with Gasteiger partial charge in [-0.15, -0.1) is 0 Å². The monoisotopic (exact) mass is 342 g/mol. The maximum Gasteiger partial charge on any atom is 0.328 e. The first kappa shape index (κ1) is 16.7. The number of nitrogens with zero attached hydrogens (tertiary/aromatic N) is 2. The van der Waals surface area contributed by atoms with E-state index in [4.69, 9.17) is 0 Å². The molecule has 1 aromatic carbocycles. The zero-order valence-electron chi connectivity index (χ0n) is 13.9. The van der Waals surface area contributed by atoms with E-state index in [1.165, 1.54) is 25.2 Å². The number of hydrogen-bond donors (Lipinski definition) is 2. The van der Waals surface area contributed by atoms with Crippen molar-refractivity contribution in [1.29, 1.82) is 0 Å². The van der Waals surface area contributed by atoms with Gasteiger partial charge in [-0.3, -0.25) is 19.4 Å². The quantitative estimate of drug-likeness (QED) is 0.759. The third kappa shape index (κ3) is 2.98. The van der Waals surface area contributed by atoms with Gasteiger partial charge >= 0.3 is 5.69 Å². The fourth-order valence-electron chi connectivity index (χ4n) is 3.01. The van der Waals surface area contributed by atoms with Crippen LogP contribution in [-0.2, 0) is 24.8 Å². The zero-order valence-corrected chi connectivity index (χ0v) is 13.9. The van der Waals surface area contributed by atoms with E-state index in [0.717, 1.165) is 15.7 Å². The van der Waals surface area contributed by atoms with Crippen LogP contribution in [0.5, 0.6) is 0 Å². The zero-order chi connectivity index (χ0) is 18.1. The highest BCUT2D eigenvalue weighted by molar-refractivity contribution is 5.97. The van der Waals surface area contributed by atoms with Gasteiger partial charge in [-0.1, -0.05) is 24.3 Å². The lowest BCUT2D eigenvalue weighted by Crippen LogP contribution is -2.53. The van der Waals surface area contributed by atoms with Crippen molar-refractivity contribution in [2.45, 2.75) is 19.0 Å². The molecule has 0 radical (unpaired) electrons. The largest absolute Gasteiger partial charge is 0.357 e. The highest BCUT2D eigenvalue weighted by Crippen LogP contribution is 2.24. The summed E-state index contributed by atoms with van der Waals surface area (Å²) in [6.07, 6.45) is 1.57. The predicted molar refractivity (Wildman–Crippen MR) is 90.2 cm³/mol. The first-order valence-corrected chi connectivity index (χ1v) is 7.81. The number of fused-ring (bicyclic) bond motifs is 1. The minimum absolute atomic E-state index is 0.171. The second-order valence-electron chi connectivity index (χ2n) is 5.95. The fraction of sp³-hybridized carbons (Fsp3) is 0.294. The number of hydrogen-bond acceptors (Lipinski definition) is 4. The van der Waals surface area contributed by atoms with Crippen LogP contribution < -0.4 is 16.6 Å². The number of H-pyrrole nitrogens is 1. The Kier molecular flexibility index (Phi) is 4.26. The van der Waals surface area contributed by atoms with Crippen LogP contribution in [0.25, 0.3) is 0 Å². The molecular weight excluding hydrogens is 324 g/mol. The normalized spacial score (nSPS) is 16.2. The molecule has 0 bridgehead atoms. The van der Waals surface area contributed by atoms with Gasteiger partial charge in [0.05, 0.1) is 0 Å². The van der Waals surface area contributed by atoms with Crippen LogP contribution in [0, 0.1) is 0 Å². The Morgan fingerprint density at radius 1 is 1.20 bits per heavy atom. The number of aromatic amines is 1. The predicted octanol–water partition coefficient (Wildman–Crippen LogP) is -0.613. The molecule has 0 unspecified atom stereocenters. The Bertz CT molecular complexity index is 960. The van der Waals surface area contributed by atoms with Crippen LogP contribution in [-0.4, -0.2) is 39.4 Å². The van der Waals surface area contributed by atoms with Crippen molar-refractivity contribution in [1.82, 2.24) is 19.8 Å². The van der Waals surface area contributed by atoms with Crippen LogP contribution in [0.4, 0.5) is 0 Å². The van der Waals surface area contributed by atoms with Crippen LogP contribution in [0.2, 0.25) is 0 Å². The maximum absolute atomic E-state index is 12.9. The lowest BCUT2D eigenvalue weighted by Gasteiger charge is -2.35. The number of likely N-dealkylation sites (N-methyl/N-ethyl adjacent to an activating group) is 1. The van der Waals surface area contributed by atoms with E-state index in [1.54, 1.807) is 0 Å². The van der Waals surface area contributed by atoms with E-state index < -0.39 is 23.2 Å². The number of aryl methyl sites for hydroxylation is 1. The minimum atomic E-state index is -0.761. The number of amides is 2. The summed E-state index contributed by atoms with van der Waals surface area (Å²) >= 11 is 0. The number of carbonyl (C=O) groups excluding carboxylic acids is 2. The van der Waals surface area contributed by atoms with E-state index in [9.17, 15) is 19.2 Å². The second kappa shape index (κ2) is 6.39. The molecular formula is C17H18N4O4. The Balaban J connectivity index is 2.05. The molecule has 130 valence electrons. The summed E-state index contributed by atoms with van der Waals surface area (Å²) in [4.78, 5) is 52.2. The molecule has 0 fully saturated rings. The number of rotatable bonds is 2. The molecule has 0 saturated carbocycles. The molecule has 8 heteroatoms. The molecule has 1 atom stereocenters.